The lowest BCUT2D eigenvalue weighted by molar-refractivity contribution is 0.102. The van der Waals surface area contributed by atoms with E-state index in [0.717, 1.165) is 47.7 Å². The number of benzene rings is 2. The highest BCUT2D eigenvalue weighted by atomic mass is 16.1. The Bertz CT molecular complexity index is 1040. The fourth-order valence-corrected chi connectivity index (χ4v) is 3.74. The van der Waals surface area contributed by atoms with Gasteiger partial charge in [0, 0.05) is 48.2 Å². The monoisotopic (exact) mass is 386 g/mol. The molecule has 0 atom stereocenters. The molecule has 4 rings (SSSR count). The lowest BCUT2D eigenvalue weighted by Gasteiger charge is -2.30. The van der Waals surface area contributed by atoms with Crippen LogP contribution in [0.4, 0.5) is 11.4 Å². The average molecular weight is 386 g/mol. The van der Waals surface area contributed by atoms with Crippen LogP contribution in [-0.2, 0) is 13.0 Å². The number of rotatable bonds is 4. The molecule has 5 heteroatoms. The van der Waals surface area contributed by atoms with E-state index < -0.39 is 0 Å². The van der Waals surface area contributed by atoms with Crippen molar-refractivity contribution in [1.82, 2.24) is 9.97 Å². The number of carbonyl (C=O) groups excluding carboxylic acids is 1. The summed E-state index contributed by atoms with van der Waals surface area (Å²) in [5.41, 5.74) is 7.10. The lowest BCUT2D eigenvalue weighted by Crippen LogP contribution is -2.31. The number of anilines is 2. The number of nitrogens with zero attached hydrogens (tertiary/aromatic N) is 3. The maximum Gasteiger partial charge on any atom is 0.255 e. The first-order valence-electron chi connectivity index (χ1n) is 10.1. The van der Waals surface area contributed by atoms with E-state index in [1.807, 2.05) is 43.5 Å². The molecular formula is C24H26N4O. The van der Waals surface area contributed by atoms with E-state index in [1.54, 1.807) is 6.33 Å². The summed E-state index contributed by atoms with van der Waals surface area (Å²) in [5.74, 6) is 0.333. The Morgan fingerprint density at radius 3 is 2.86 bits per heavy atom. The van der Waals surface area contributed by atoms with Crippen LogP contribution < -0.4 is 10.2 Å². The number of nitrogens with one attached hydrogen (secondary N) is 1. The number of aryl methyl sites for hydroxylation is 1. The van der Waals surface area contributed by atoms with E-state index in [-0.39, 0.29) is 5.91 Å². The molecule has 0 saturated carbocycles. The van der Waals surface area contributed by atoms with Crippen molar-refractivity contribution in [2.45, 2.75) is 39.7 Å². The summed E-state index contributed by atoms with van der Waals surface area (Å²) in [7, 11) is 0. The highest BCUT2D eigenvalue weighted by Crippen LogP contribution is 2.26. The van der Waals surface area contributed by atoms with E-state index in [1.165, 1.54) is 5.56 Å². The van der Waals surface area contributed by atoms with Crippen molar-refractivity contribution in [2.75, 3.05) is 16.8 Å². The van der Waals surface area contributed by atoms with Gasteiger partial charge in [0.05, 0.1) is 5.69 Å². The van der Waals surface area contributed by atoms with E-state index in [2.05, 4.69) is 46.2 Å². The van der Waals surface area contributed by atoms with Gasteiger partial charge in [0.25, 0.3) is 5.91 Å². The molecule has 1 N–H and O–H groups in total. The largest absolute Gasteiger partial charge is 0.367 e. The maximum absolute atomic E-state index is 12.9. The second kappa shape index (κ2) is 8.03. The van der Waals surface area contributed by atoms with Gasteiger partial charge >= 0.3 is 0 Å². The molecular weight excluding hydrogens is 360 g/mol. The summed E-state index contributed by atoms with van der Waals surface area (Å²) in [6.07, 6.45) is 4.38. The summed E-state index contributed by atoms with van der Waals surface area (Å²) < 4.78 is 0. The minimum absolute atomic E-state index is 0.0865. The van der Waals surface area contributed by atoms with Crippen LogP contribution >= 0.6 is 0 Å². The molecule has 0 fully saturated rings. The lowest BCUT2D eigenvalue weighted by atomic mass is 10.0. The summed E-state index contributed by atoms with van der Waals surface area (Å²) in [6, 6.07) is 14.1. The Morgan fingerprint density at radius 1 is 1.17 bits per heavy atom. The van der Waals surface area contributed by atoms with Crippen molar-refractivity contribution in [3.05, 3.63) is 82.9 Å². The third kappa shape index (κ3) is 4.29. The zero-order valence-corrected chi connectivity index (χ0v) is 17.1. The van der Waals surface area contributed by atoms with E-state index in [4.69, 9.17) is 0 Å². The van der Waals surface area contributed by atoms with Gasteiger partial charge in [-0.2, -0.15) is 0 Å². The van der Waals surface area contributed by atoms with Gasteiger partial charge in [-0.15, -0.1) is 0 Å². The second-order valence-electron chi connectivity index (χ2n) is 7.96. The summed E-state index contributed by atoms with van der Waals surface area (Å²) in [4.78, 5) is 23.7. The second-order valence-corrected chi connectivity index (χ2v) is 7.96. The van der Waals surface area contributed by atoms with Crippen LogP contribution in [0.1, 0.15) is 52.5 Å². The fourth-order valence-electron chi connectivity index (χ4n) is 3.74. The van der Waals surface area contributed by atoms with Crippen LogP contribution in [0.2, 0.25) is 0 Å². The zero-order valence-electron chi connectivity index (χ0n) is 17.1. The van der Waals surface area contributed by atoms with Crippen molar-refractivity contribution in [1.29, 1.82) is 0 Å². The maximum atomic E-state index is 12.9. The van der Waals surface area contributed by atoms with E-state index >= 15 is 0 Å². The molecule has 1 aliphatic rings. The van der Waals surface area contributed by atoms with Gasteiger partial charge in [-0.25, -0.2) is 9.97 Å². The molecule has 0 spiro atoms. The van der Waals surface area contributed by atoms with Gasteiger partial charge < -0.3 is 10.2 Å². The molecule has 29 heavy (non-hydrogen) atoms. The number of fused-ring (bicyclic) bond motifs is 1. The molecule has 148 valence electrons. The first-order valence-corrected chi connectivity index (χ1v) is 10.1. The number of hydrogen-bond acceptors (Lipinski definition) is 4. The normalized spacial score (nSPS) is 13.3. The van der Waals surface area contributed by atoms with Crippen molar-refractivity contribution in [3.63, 3.8) is 0 Å². The minimum Gasteiger partial charge on any atom is -0.367 e. The molecule has 3 aromatic rings. The zero-order chi connectivity index (χ0) is 20.4. The molecule has 0 bridgehead atoms. The van der Waals surface area contributed by atoms with Gasteiger partial charge in [0.1, 0.15) is 6.33 Å². The third-order valence-corrected chi connectivity index (χ3v) is 5.36. The molecule has 5 nitrogen and oxygen atoms in total. The first-order chi connectivity index (χ1) is 14.0. The highest BCUT2D eigenvalue weighted by Gasteiger charge is 2.19. The Kier molecular flexibility index (Phi) is 5.30. The number of hydrogen-bond donors (Lipinski definition) is 1. The van der Waals surface area contributed by atoms with Crippen LogP contribution in [0.3, 0.4) is 0 Å². The van der Waals surface area contributed by atoms with E-state index in [0.29, 0.717) is 11.5 Å². The molecule has 1 aromatic heterocycles. The average Bonchev–Trinajstić information content (AvgIpc) is 2.73. The van der Waals surface area contributed by atoms with Crippen molar-refractivity contribution >= 4 is 17.3 Å². The Morgan fingerprint density at radius 2 is 2.03 bits per heavy atom. The van der Waals surface area contributed by atoms with Crippen LogP contribution in [0.5, 0.6) is 0 Å². The molecule has 2 aromatic carbocycles. The molecule has 0 saturated heterocycles. The smallest absolute Gasteiger partial charge is 0.255 e. The molecule has 0 unspecified atom stereocenters. The number of carbonyl (C=O) groups is 1. The number of amides is 1. The fraction of sp³-hybridized carbons (Fsp3) is 0.292. The summed E-state index contributed by atoms with van der Waals surface area (Å²) >= 11 is 0. The highest BCUT2D eigenvalue weighted by molar-refractivity contribution is 6.05. The van der Waals surface area contributed by atoms with Gasteiger partial charge in [0.2, 0.25) is 0 Å². The SMILES string of the molecule is Cc1cc(C(=O)Nc2cccc(C(C)C)c2)cc(N2CCc3ncncc3C2)c1. The quantitative estimate of drug-likeness (QED) is 0.705. The Hall–Kier alpha value is -3.21. The van der Waals surface area contributed by atoms with Gasteiger partial charge in [-0.05, 0) is 54.3 Å². The number of aromatic nitrogens is 2. The molecule has 1 amide bonds. The predicted octanol–water partition coefficient (Wildman–Crippen LogP) is 4.72. The molecule has 0 aliphatic carbocycles. The summed E-state index contributed by atoms with van der Waals surface area (Å²) in [6.45, 7) is 7.97. The van der Waals surface area contributed by atoms with Gasteiger partial charge in [-0.1, -0.05) is 26.0 Å². The topological polar surface area (TPSA) is 58.1 Å². The Labute approximate surface area is 171 Å². The van der Waals surface area contributed by atoms with Gasteiger partial charge in [0.15, 0.2) is 0 Å². The molecule has 0 radical (unpaired) electrons. The molecule has 1 aliphatic heterocycles. The molecule has 2 heterocycles. The van der Waals surface area contributed by atoms with Gasteiger partial charge in [-0.3, -0.25) is 4.79 Å². The van der Waals surface area contributed by atoms with Crippen molar-refractivity contribution in [3.8, 4) is 0 Å². The van der Waals surface area contributed by atoms with Crippen molar-refractivity contribution < 1.29 is 4.79 Å². The minimum atomic E-state index is -0.0865. The van der Waals surface area contributed by atoms with Crippen LogP contribution in [0, 0.1) is 6.92 Å². The predicted molar refractivity (Wildman–Crippen MR) is 116 cm³/mol. The summed E-state index contributed by atoms with van der Waals surface area (Å²) in [5, 5.41) is 3.05. The van der Waals surface area contributed by atoms with E-state index in [9.17, 15) is 4.79 Å². The van der Waals surface area contributed by atoms with Crippen LogP contribution in [0.25, 0.3) is 0 Å². The van der Waals surface area contributed by atoms with Crippen LogP contribution in [0.15, 0.2) is 55.0 Å². The standard InChI is InChI=1S/C24H26N4O/c1-16(2)18-5-4-6-21(11-18)27-24(29)19-9-17(3)10-22(12-19)28-8-7-23-20(14-28)13-25-15-26-23/h4-6,9-13,15-16H,7-8,14H2,1-3H3,(H,27,29). The third-order valence-electron chi connectivity index (χ3n) is 5.36. The van der Waals surface area contributed by atoms with Crippen LogP contribution in [-0.4, -0.2) is 22.4 Å². The van der Waals surface area contributed by atoms with Crippen molar-refractivity contribution in [2.24, 2.45) is 0 Å². The Balaban J connectivity index is 1.56. The first kappa shape index (κ1) is 19.1.